The SMILES string of the molecule is CC(C)(C)OC(=O)N1Cc2ccc(NC=O)cc2C1.CNCCC=O.CO. The lowest BCUT2D eigenvalue weighted by Crippen LogP contribution is -2.33. The van der Waals surface area contributed by atoms with Gasteiger partial charge in [-0.1, -0.05) is 6.07 Å². The predicted octanol–water partition coefficient (Wildman–Crippen LogP) is 1.91. The molecule has 1 aliphatic rings. The monoisotopic (exact) mass is 381 g/mol. The smallest absolute Gasteiger partial charge is 0.410 e. The van der Waals surface area contributed by atoms with E-state index >= 15 is 0 Å². The number of carbonyl (C=O) groups excluding carboxylic acids is 3. The molecule has 0 bridgehead atoms. The van der Waals surface area contributed by atoms with Crippen LogP contribution in [0.1, 0.15) is 38.3 Å². The number of hydrogen-bond acceptors (Lipinski definition) is 6. The molecule has 0 unspecified atom stereocenters. The van der Waals surface area contributed by atoms with Crippen LogP contribution in [0.4, 0.5) is 10.5 Å². The van der Waals surface area contributed by atoms with Gasteiger partial charge < -0.3 is 25.3 Å². The number of carbonyl (C=O) groups is 3. The van der Waals surface area contributed by atoms with Crippen molar-refractivity contribution in [2.24, 2.45) is 0 Å². The van der Waals surface area contributed by atoms with Crippen molar-refractivity contribution in [1.82, 2.24) is 10.2 Å². The number of benzene rings is 1. The fourth-order valence-electron chi connectivity index (χ4n) is 2.21. The molecule has 2 rings (SSSR count). The first-order valence-corrected chi connectivity index (χ1v) is 8.63. The number of amides is 2. The van der Waals surface area contributed by atoms with E-state index in [1.807, 2.05) is 46.0 Å². The van der Waals surface area contributed by atoms with Crippen LogP contribution >= 0.6 is 0 Å². The zero-order chi connectivity index (χ0) is 20.9. The summed E-state index contributed by atoms with van der Waals surface area (Å²) in [4.78, 5) is 33.6. The second-order valence-electron chi connectivity index (χ2n) is 6.64. The third-order valence-electron chi connectivity index (χ3n) is 3.32. The molecule has 1 heterocycles. The Morgan fingerprint density at radius 2 is 1.85 bits per heavy atom. The third-order valence-corrected chi connectivity index (χ3v) is 3.32. The van der Waals surface area contributed by atoms with E-state index < -0.39 is 5.60 Å². The van der Waals surface area contributed by atoms with Crippen LogP contribution in [-0.2, 0) is 27.4 Å². The van der Waals surface area contributed by atoms with E-state index in [1.54, 1.807) is 4.90 Å². The van der Waals surface area contributed by atoms with Gasteiger partial charge in [-0.05, 0) is 51.1 Å². The van der Waals surface area contributed by atoms with Crippen LogP contribution in [0.25, 0.3) is 0 Å². The van der Waals surface area contributed by atoms with Gasteiger partial charge >= 0.3 is 6.09 Å². The zero-order valence-electron chi connectivity index (χ0n) is 16.7. The molecule has 0 spiro atoms. The molecule has 0 saturated carbocycles. The van der Waals surface area contributed by atoms with Crippen LogP contribution in [0.15, 0.2) is 18.2 Å². The van der Waals surface area contributed by atoms with Crippen LogP contribution < -0.4 is 10.6 Å². The van der Waals surface area contributed by atoms with Gasteiger partial charge in [0.25, 0.3) is 0 Å². The van der Waals surface area contributed by atoms with Gasteiger partial charge in [-0.3, -0.25) is 9.69 Å². The largest absolute Gasteiger partial charge is 0.444 e. The highest BCUT2D eigenvalue weighted by Crippen LogP contribution is 2.26. The molecule has 0 radical (unpaired) electrons. The Kier molecular flexibility index (Phi) is 11.7. The quantitative estimate of drug-likeness (QED) is 0.531. The molecule has 8 nitrogen and oxygen atoms in total. The number of ether oxygens (including phenoxy) is 1. The average Bonchev–Trinajstić information content (AvgIpc) is 3.05. The lowest BCUT2D eigenvalue weighted by atomic mass is 10.1. The molecule has 0 fully saturated rings. The fourth-order valence-corrected chi connectivity index (χ4v) is 2.21. The first-order valence-electron chi connectivity index (χ1n) is 8.63. The minimum absolute atomic E-state index is 0.311. The molecular weight excluding hydrogens is 350 g/mol. The summed E-state index contributed by atoms with van der Waals surface area (Å²) in [6.45, 7) is 7.40. The summed E-state index contributed by atoms with van der Waals surface area (Å²) in [6.07, 6.45) is 1.85. The maximum atomic E-state index is 12.0. The summed E-state index contributed by atoms with van der Waals surface area (Å²) >= 11 is 0. The predicted molar refractivity (Wildman–Crippen MR) is 104 cm³/mol. The normalized spacial score (nSPS) is 11.9. The van der Waals surface area contributed by atoms with Crippen molar-refractivity contribution in [1.29, 1.82) is 0 Å². The van der Waals surface area contributed by atoms with E-state index in [4.69, 9.17) is 9.84 Å². The number of hydrogen-bond donors (Lipinski definition) is 3. The number of anilines is 1. The molecule has 152 valence electrons. The summed E-state index contributed by atoms with van der Waals surface area (Å²) in [7, 11) is 2.82. The Morgan fingerprint density at radius 1 is 1.22 bits per heavy atom. The standard InChI is InChI=1S/C14H18N2O3.C4H9NO.CH4O/c1-14(2,3)19-13(18)16-7-10-4-5-12(15-9-17)6-11(10)8-16;1-5-3-2-4-6;1-2/h4-6,9H,7-8H2,1-3H3,(H,15,17);4-5H,2-3H2,1H3;2H,1H3. The second kappa shape index (κ2) is 12.8. The Balaban J connectivity index is 0.000000722. The molecule has 1 aromatic rings. The third kappa shape index (κ3) is 9.72. The molecule has 3 N–H and O–H groups in total. The number of nitrogens with zero attached hydrogens (tertiary/aromatic N) is 1. The number of aliphatic hydroxyl groups excluding tert-OH is 1. The number of aliphatic hydroxyl groups is 1. The van der Waals surface area contributed by atoms with Gasteiger partial charge in [0.15, 0.2) is 0 Å². The van der Waals surface area contributed by atoms with Crippen molar-refractivity contribution >= 4 is 24.5 Å². The van der Waals surface area contributed by atoms with E-state index in [0.717, 1.165) is 36.8 Å². The highest BCUT2D eigenvalue weighted by Gasteiger charge is 2.27. The van der Waals surface area contributed by atoms with Crippen molar-refractivity contribution in [2.45, 2.75) is 45.9 Å². The molecule has 0 atom stereocenters. The lowest BCUT2D eigenvalue weighted by Gasteiger charge is -2.24. The Hall–Kier alpha value is -2.45. The Morgan fingerprint density at radius 3 is 2.33 bits per heavy atom. The molecular formula is C19H31N3O5. The number of nitrogens with one attached hydrogen (secondary N) is 2. The second-order valence-corrected chi connectivity index (χ2v) is 6.64. The minimum atomic E-state index is -0.490. The van der Waals surface area contributed by atoms with Gasteiger partial charge in [-0.2, -0.15) is 0 Å². The molecule has 0 aromatic heterocycles. The molecule has 8 heteroatoms. The first-order chi connectivity index (χ1) is 12.8. The van der Waals surface area contributed by atoms with E-state index in [2.05, 4.69) is 10.6 Å². The van der Waals surface area contributed by atoms with E-state index in [1.165, 1.54) is 0 Å². The summed E-state index contributed by atoms with van der Waals surface area (Å²) in [5.41, 5.74) is 2.37. The van der Waals surface area contributed by atoms with E-state index in [-0.39, 0.29) is 6.09 Å². The first kappa shape index (κ1) is 24.6. The molecule has 2 amide bonds. The summed E-state index contributed by atoms with van der Waals surface area (Å²) < 4.78 is 5.35. The summed E-state index contributed by atoms with van der Waals surface area (Å²) in [5, 5.41) is 12.4. The van der Waals surface area contributed by atoms with Crippen LogP contribution in [0.3, 0.4) is 0 Å². The van der Waals surface area contributed by atoms with Crippen molar-refractivity contribution in [3.05, 3.63) is 29.3 Å². The van der Waals surface area contributed by atoms with Crippen molar-refractivity contribution < 1.29 is 24.2 Å². The molecule has 0 saturated heterocycles. The number of fused-ring (bicyclic) bond motifs is 1. The Labute approximate surface area is 160 Å². The maximum Gasteiger partial charge on any atom is 0.410 e. The van der Waals surface area contributed by atoms with Crippen LogP contribution in [0.2, 0.25) is 0 Å². The topological polar surface area (TPSA) is 108 Å². The zero-order valence-corrected chi connectivity index (χ0v) is 16.7. The maximum absolute atomic E-state index is 12.0. The Bertz CT molecular complexity index is 599. The lowest BCUT2D eigenvalue weighted by molar-refractivity contribution is -0.108. The van der Waals surface area contributed by atoms with Crippen molar-refractivity contribution in [3.63, 3.8) is 0 Å². The fraction of sp³-hybridized carbons (Fsp3) is 0.526. The average molecular weight is 381 g/mol. The van der Waals surface area contributed by atoms with E-state index in [9.17, 15) is 14.4 Å². The summed E-state index contributed by atoms with van der Waals surface area (Å²) in [6, 6.07) is 5.63. The van der Waals surface area contributed by atoms with Crippen LogP contribution in [-0.4, -0.2) is 55.1 Å². The molecule has 0 aliphatic carbocycles. The van der Waals surface area contributed by atoms with Crippen molar-refractivity contribution in [3.8, 4) is 0 Å². The van der Waals surface area contributed by atoms with Gasteiger partial charge in [0.2, 0.25) is 6.41 Å². The van der Waals surface area contributed by atoms with Gasteiger partial charge in [0, 0.05) is 38.9 Å². The number of rotatable bonds is 5. The van der Waals surface area contributed by atoms with E-state index in [0.29, 0.717) is 25.9 Å². The number of aldehydes is 1. The van der Waals surface area contributed by atoms with Gasteiger partial charge in [0.1, 0.15) is 11.9 Å². The molecule has 1 aliphatic heterocycles. The molecule has 1 aromatic carbocycles. The van der Waals surface area contributed by atoms with Crippen LogP contribution in [0, 0.1) is 0 Å². The summed E-state index contributed by atoms with van der Waals surface area (Å²) in [5.74, 6) is 0. The van der Waals surface area contributed by atoms with Crippen LogP contribution in [0.5, 0.6) is 0 Å². The van der Waals surface area contributed by atoms with Gasteiger partial charge in [-0.15, -0.1) is 0 Å². The van der Waals surface area contributed by atoms with Gasteiger partial charge in [-0.25, -0.2) is 4.79 Å². The van der Waals surface area contributed by atoms with Crippen molar-refractivity contribution in [2.75, 3.05) is 26.0 Å². The van der Waals surface area contributed by atoms with Gasteiger partial charge in [0.05, 0.1) is 0 Å². The highest BCUT2D eigenvalue weighted by molar-refractivity contribution is 5.73. The highest BCUT2D eigenvalue weighted by atomic mass is 16.6. The molecule has 27 heavy (non-hydrogen) atoms. The minimum Gasteiger partial charge on any atom is -0.444 e.